The van der Waals surface area contributed by atoms with Crippen LogP contribution in [0.25, 0.3) is 0 Å². The fourth-order valence-electron chi connectivity index (χ4n) is 0.913. The molecule has 0 fully saturated rings. The molecule has 0 aliphatic carbocycles. The Labute approximate surface area is 86.0 Å². The van der Waals surface area contributed by atoms with E-state index in [0.717, 1.165) is 5.01 Å². The van der Waals surface area contributed by atoms with Crippen LogP contribution in [0.2, 0.25) is 0 Å². The molecule has 1 aromatic heterocycles. The number of rotatable bonds is 5. The molecule has 0 aliphatic heterocycles. The second kappa shape index (κ2) is 5.69. The smallest absolute Gasteiger partial charge is 0.270 e. The Morgan fingerprint density at radius 1 is 1.71 bits per heavy atom. The monoisotopic (exact) mass is 215 g/mol. The van der Waals surface area contributed by atoms with Gasteiger partial charge in [0.25, 0.3) is 5.91 Å². The summed E-state index contributed by atoms with van der Waals surface area (Å²) in [6.45, 7) is 0.722. The van der Waals surface area contributed by atoms with Crippen molar-refractivity contribution in [3.8, 4) is 0 Å². The summed E-state index contributed by atoms with van der Waals surface area (Å²) in [4.78, 5) is 15.4. The Bertz CT molecular complexity index is 301. The fraction of sp³-hybridized carbons (Fsp3) is 0.500. The number of nitrogens with one attached hydrogen (secondary N) is 1. The van der Waals surface area contributed by atoms with Crippen molar-refractivity contribution in [3.63, 3.8) is 0 Å². The highest BCUT2D eigenvalue weighted by Gasteiger charge is 2.08. The number of amides is 1. The average Bonchev–Trinajstić information content (AvgIpc) is 2.63. The lowest BCUT2D eigenvalue weighted by molar-refractivity contribution is 0.0940. The van der Waals surface area contributed by atoms with Crippen molar-refractivity contribution in [2.75, 3.05) is 19.7 Å². The van der Waals surface area contributed by atoms with Crippen LogP contribution in [-0.2, 0) is 6.42 Å². The molecule has 0 spiro atoms. The van der Waals surface area contributed by atoms with Gasteiger partial charge in [-0.3, -0.25) is 4.79 Å². The van der Waals surface area contributed by atoms with E-state index in [2.05, 4.69) is 10.3 Å². The highest BCUT2D eigenvalue weighted by atomic mass is 32.1. The number of carbonyl (C=O) groups excluding carboxylic acids is 1. The zero-order valence-electron chi connectivity index (χ0n) is 7.69. The van der Waals surface area contributed by atoms with E-state index in [1.807, 2.05) is 0 Å². The summed E-state index contributed by atoms with van der Waals surface area (Å²) in [5.41, 5.74) is 5.75. The van der Waals surface area contributed by atoms with Gasteiger partial charge in [-0.05, 0) is 6.54 Å². The number of aromatic nitrogens is 1. The zero-order chi connectivity index (χ0) is 10.4. The van der Waals surface area contributed by atoms with Crippen LogP contribution in [0.4, 0.5) is 0 Å². The summed E-state index contributed by atoms with van der Waals surface area (Å²) in [7, 11) is 0. The van der Waals surface area contributed by atoms with Crippen molar-refractivity contribution in [2.24, 2.45) is 5.73 Å². The third-order valence-corrected chi connectivity index (χ3v) is 2.45. The van der Waals surface area contributed by atoms with E-state index in [-0.39, 0.29) is 19.1 Å². The molecule has 0 atom stereocenters. The standard InChI is InChI=1S/C8H13N3O2S/c9-2-1-7-11-6(5-14-7)8(13)10-3-4-12/h5,12H,1-4,9H2,(H,10,13). The van der Waals surface area contributed by atoms with Crippen molar-refractivity contribution >= 4 is 17.2 Å². The Hall–Kier alpha value is -0.980. The van der Waals surface area contributed by atoms with Gasteiger partial charge in [-0.1, -0.05) is 0 Å². The number of nitrogens with zero attached hydrogens (tertiary/aromatic N) is 1. The summed E-state index contributed by atoms with van der Waals surface area (Å²) < 4.78 is 0. The largest absolute Gasteiger partial charge is 0.395 e. The van der Waals surface area contributed by atoms with E-state index < -0.39 is 0 Å². The number of aliphatic hydroxyl groups is 1. The van der Waals surface area contributed by atoms with Gasteiger partial charge < -0.3 is 16.2 Å². The summed E-state index contributed by atoms with van der Waals surface area (Å²) in [6, 6.07) is 0. The Morgan fingerprint density at radius 3 is 3.14 bits per heavy atom. The highest BCUT2D eigenvalue weighted by Crippen LogP contribution is 2.09. The van der Waals surface area contributed by atoms with Crippen LogP contribution in [-0.4, -0.2) is 35.7 Å². The maximum atomic E-state index is 11.3. The highest BCUT2D eigenvalue weighted by molar-refractivity contribution is 7.09. The van der Waals surface area contributed by atoms with Crippen LogP contribution < -0.4 is 11.1 Å². The van der Waals surface area contributed by atoms with Gasteiger partial charge in [-0.25, -0.2) is 4.98 Å². The van der Waals surface area contributed by atoms with E-state index in [0.29, 0.717) is 18.7 Å². The van der Waals surface area contributed by atoms with Gasteiger partial charge in [0.15, 0.2) is 0 Å². The third-order valence-electron chi connectivity index (χ3n) is 1.54. The summed E-state index contributed by atoms with van der Waals surface area (Å²) in [5, 5.41) is 13.6. The number of thiazole rings is 1. The van der Waals surface area contributed by atoms with Crippen LogP contribution in [0.3, 0.4) is 0 Å². The molecule has 4 N–H and O–H groups in total. The molecule has 1 rings (SSSR count). The second-order valence-electron chi connectivity index (χ2n) is 2.64. The molecule has 0 radical (unpaired) electrons. The van der Waals surface area contributed by atoms with E-state index in [9.17, 15) is 4.79 Å². The normalized spacial score (nSPS) is 10.1. The van der Waals surface area contributed by atoms with Gasteiger partial charge in [0.2, 0.25) is 0 Å². The zero-order valence-corrected chi connectivity index (χ0v) is 8.51. The van der Waals surface area contributed by atoms with Gasteiger partial charge in [0.05, 0.1) is 11.6 Å². The molecule has 0 bridgehead atoms. The molecule has 0 unspecified atom stereocenters. The van der Waals surface area contributed by atoms with E-state index in [4.69, 9.17) is 10.8 Å². The molecular weight excluding hydrogens is 202 g/mol. The first kappa shape index (κ1) is 11.1. The second-order valence-corrected chi connectivity index (χ2v) is 3.59. The number of nitrogens with two attached hydrogens (primary N) is 1. The first-order valence-corrected chi connectivity index (χ1v) is 5.19. The van der Waals surface area contributed by atoms with Crippen molar-refractivity contribution in [1.29, 1.82) is 0 Å². The van der Waals surface area contributed by atoms with Crippen LogP contribution in [0.5, 0.6) is 0 Å². The van der Waals surface area contributed by atoms with E-state index in [1.165, 1.54) is 11.3 Å². The Balaban J connectivity index is 2.53. The lowest BCUT2D eigenvalue weighted by Gasteiger charge is -1.98. The van der Waals surface area contributed by atoms with E-state index >= 15 is 0 Å². The van der Waals surface area contributed by atoms with Gasteiger partial charge in [-0.15, -0.1) is 11.3 Å². The Kier molecular flexibility index (Phi) is 4.51. The predicted molar refractivity (Wildman–Crippen MR) is 54.3 cm³/mol. The molecule has 0 aliphatic rings. The van der Waals surface area contributed by atoms with Crippen molar-refractivity contribution in [2.45, 2.75) is 6.42 Å². The molecule has 1 amide bonds. The maximum absolute atomic E-state index is 11.3. The number of aliphatic hydroxyl groups excluding tert-OH is 1. The maximum Gasteiger partial charge on any atom is 0.270 e. The molecular formula is C8H13N3O2S. The molecule has 1 aromatic rings. The van der Waals surface area contributed by atoms with Crippen molar-refractivity contribution < 1.29 is 9.90 Å². The van der Waals surface area contributed by atoms with Crippen LogP contribution in [0.15, 0.2) is 5.38 Å². The topological polar surface area (TPSA) is 88.2 Å². The first-order valence-electron chi connectivity index (χ1n) is 4.31. The number of carbonyl (C=O) groups is 1. The molecule has 5 nitrogen and oxygen atoms in total. The van der Waals surface area contributed by atoms with Gasteiger partial charge >= 0.3 is 0 Å². The van der Waals surface area contributed by atoms with Gasteiger partial charge in [0.1, 0.15) is 5.69 Å². The minimum Gasteiger partial charge on any atom is -0.395 e. The SMILES string of the molecule is NCCc1nc(C(=O)NCCO)cs1. The predicted octanol–water partition coefficient (Wildman–Crippen LogP) is -0.634. The fourth-order valence-corrected chi connectivity index (χ4v) is 1.71. The third kappa shape index (κ3) is 3.06. The molecule has 6 heteroatoms. The van der Waals surface area contributed by atoms with Crippen LogP contribution in [0, 0.1) is 0 Å². The summed E-state index contributed by atoms with van der Waals surface area (Å²) in [6.07, 6.45) is 0.692. The molecule has 1 heterocycles. The quantitative estimate of drug-likeness (QED) is 0.610. The minimum absolute atomic E-state index is 0.0640. The van der Waals surface area contributed by atoms with E-state index in [1.54, 1.807) is 5.38 Å². The molecule has 78 valence electrons. The number of hydrogen-bond donors (Lipinski definition) is 3. The molecule has 0 aromatic carbocycles. The summed E-state index contributed by atoms with van der Waals surface area (Å²) in [5.74, 6) is -0.251. The summed E-state index contributed by atoms with van der Waals surface area (Å²) >= 11 is 1.42. The van der Waals surface area contributed by atoms with Crippen molar-refractivity contribution in [3.05, 3.63) is 16.1 Å². The van der Waals surface area contributed by atoms with Crippen molar-refractivity contribution in [1.82, 2.24) is 10.3 Å². The van der Waals surface area contributed by atoms with Crippen LogP contribution >= 0.6 is 11.3 Å². The Morgan fingerprint density at radius 2 is 2.50 bits per heavy atom. The lowest BCUT2D eigenvalue weighted by atomic mass is 10.4. The molecule has 0 saturated carbocycles. The van der Waals surface area contributed by atoms with Crippen LogP contribution in [0.1, 0.15) is 15.5 Å². The number of hydrogen-bond acceptors (Lipinski definition) is 5. The average molecular weight is 215 g/mol. The molecule has 14 heavy (non-hydrogen) atoms. The lowest BCUT2D eigenvalue weighted by Crippen LogP contribution is -2.26. The molecule has 0 saturated heterocycles. The van der Waals surface area contributed by atoms with Gasteiger partial charge in [-0.2, -0.15) is 0 Å². The van der Waals surface area contributed by atoms with Gasteiger partial charge in [0, 0.05) is 18.3 Å². The minimum atomic E-state index is -0.251. The first-order chi connectivity index (χ1) is 6.77.